The van der Waals surface area contributed by atoms with Gasteiger partial charge in [-0.05, 0) is 32.1 Å². The van der Waals surface area contributed by atoms with Crippen molar-refractivity contribution in [1.82, 2.24) is 4.90 Å². The molecule has 1 aromatic carbocycles. The summed E-state index contributed by atoms with van der Waals surface area (Å²) in [4.78, 5) is 39.7. The topological polar surface area (TPSA) is 182 Å². The maximum absolute atomic E-state index is 13.5. The first-order valence-corrected chi connectivity index (χ1v) is 9.59. The van der Waals surface area contributed by atoms with Crippen LogP contribution in [0.15, 0.2) is 35.1 Å². The number of rotatable bonds is 2. The molecule has 5 atom stereocenters. The van der Waals surface area contributed by atoms with Crippen molar-refractivity contribution in [2.24, 2.45) is 17.6 Å². The van der Waals surface area contributed by atoms with E-state index in [4.69, 9.17) is 5.73 Å². The smallest absolute Gasteiger partial charge is 0.255 e. The van der Waals surface area contributed by atoms with E-state index in [2.05, 4.69) is 0 Å². The lowest BCUT2D eigenvalue weighted by Crippen LogP contribution is -2.66. The Labute approximate surface area is 176 Å². The van der Waals surface area contributed by atoms with Gasteiger partial charge in [0, 0.05) is 17.4 Å². The SMILES string of the molecule is CN(C)[C@@H]1C(=O)C(C(N)=O)=C(O)C2(O)C(=O)C3=C(O)c4c(O)cccc4[C@@H](O)[C@H]3C[C@@H]12. The van der Waals surface area contributed by atoms with Crippen LogP contribution in [0.25, 0.3) is 5.76 Å². The van der Waals surface area contributed by atoms with E-state index in [1.807, 2.05) is 0 Å². The van der Waals surface area contributed by atoms with Crippen LogP contribution in [0.4, 0.5) is 0 Å². The Morgan fingerprint density at radius 3 is 2.42 bits per heavy atom. The monoisotopic (exact) mass is 430 g/mol. The molecular formula is C21H22N2O8. The van der Waals surface area contributed by atoms with Gasteiger partial charge in [0.05, 0.1) is 17.7 Å². The molecular weight excluding hydrogens is 408 g/mol. The van der Waals surface area contributed by atoms with Gasteiger partial charge in [0.25, 0.3) is 5.91 Å². The van der Waals surface area contributed by atoms with Crippen molar-refractivity contribution in [3.63, 3.8) is 0 Å². The van der Waals surface area contributed by atoms with Crippen molar-refractivity contribution >= 4 is 23.2 Å². The Morgan fingerprint density at radius 1 is 1.19 bits per heavy atom. The molecule has 31 heavy (non-hydrogen) atoms. The number of amides is 1. The highest BCUT2D eigenvalue weighted by Crippen LogP contribution is 2.55. The Balaban J connectivity index is 2.01. The Morgan fingerprint density at radius 2 is 1.84 bits per heavy atom. The molecule has 1 aromatic rings. The number of phenolic OH excluding ortho intramolecular Hbond substituents is 1. The van der Waals surface area contributed by atoms with Gasteiger partial charge >= 0.3 is 0 Å². The fraction of sp³-hybridized carbons (Fsp3) is 0.381. The molecule has 0 aromatic heterocycles. The molecule has 0 spiro atoms. The van der Waals surface area contributed by atoms with E-state index in [-0.39, 0.29) is 23.3 Å². The molecule has 1 fully saturated rings. The highest BCUT2D eigenvalue weighted by molar-refractivity contribution is 6.24. The highest BCUT2D eigenvalue weighted by Gasteiger charge is 2.65. The summed E-state index contributed by atoms with van der Waals surface area (Å²) in [5.41, 5.74) is 1.26. The van der Waals surface area contributed by atoms with Gasteiger partial charge in [-0.2, -0.15) is 0 Å². The Bertz CT molecular complexity index is 1100. The number of Topliss-reactive ketones (excluding diaryl/α,β-unsaturated/α-hetero) is 2. The average Bonchev–Trinajstić information content (AvgIpc) is 2.68. The Kier molecular flexibility index (Phi) is 4.51. The third-order valence-electron chi connectivity index (χ3n) is 6.57. The number of carbonyl (C=O) groups excluding carboxylic acids is 3. The molecule has 10 heteroatoms. The molecule has 1 saturated carbocycles. The minimum absolute atomic E-state index is 0.161. The number of hydrogen-bond donors (Lipinski definition) is 6. The largest absolute Gasteiger partial charge is 0.508 e. The molecule has 0 bridgehead atoms. The van der Waals surface area contributed by atoms with Crippen LogP contribution < -0.4 is 5.73 Å². The molecule has 4 rings (SSSR count). The van der Waals surface area contributed by atoms with Crippen LogP contribution in [0.3, 0.4) is 0 Å². The molecule has 0 heterocycles. The van der Waals surface area contributed by atoms with E-state index >= 15 is 0 Å². The summed E-state index contributed by atoms with van der Waals surface area (Å²) in [6.45, 7) is 0. The number of aromatic hydroxyl groups is 1. The summed E-state index contributed by atoms with van der Waals surface area (Å²) >= 11 is 0. The normalized spacial score (nSPS) is 32.7. The zero-order valence-corrected chi connectivity index (χ0v) is 16.7. The summed E-state index contributed by atoms with van der Waals surface area (Å²) in [6.07, 6.45) is -1.51. The first kappa shape index (κ1) is 21.0. The van der Waals surface area contributed by atoms with E-state index in [0.29, 0.717) is 0 Å². The molecule has 0 saturated heterocycles. The van der Waals surface area contributed by atoms with Crippen LogP contribution in [0.5, 0.6) is 5.75 Å². The van der Waals surface area contributed by atoms with Crippen molar-refractivity contribution in [2.75, 3.05) is 14.1 Å². The first-order valence-electron chi connectivity index (χ1n) is 9.59. The lowest BCUT2D eigenvalue weighted by molar-refractivity contribution is -0.155. The summed E-state index contributed by atoms with van der Waals surface area (Å²) in [5.74, 6) is -7.79. The number of hydrogen-bond acceptors (Lipinski definition) is 9. The molecule has 1 amide bonds. The van der Waals surface area contributed by atoms with E-state index in [1.165, 1.54) is 37.2 Å². The van der Waals surface area contributed by atoms with Crippen LogP contribution in [-0.2, 0) is 14.4 Å². The van der Waals surface area contributed by atoms with Crippen molar-refractivity contribution in [3.05, 3.63) is 46.2 Å². The van der Waals surface area contributed by atoms with Crippen LogP contribution in [0, 0.1) is 11.8 Å². The van der Waals surface area contributed by atoms with Gasteiger partial charge in [-0.15, -0.1) is 0 Å². The summed E-state index contributed by atoms with van der Waals surface area (Å²) in [7, 11) is 3.00. The molecule has 1 unspecified atom stereocenters. The second kappa shape index (κ2) is 6.64. The number of fused-ring (bicyclic) bond motifs is 3. The third kappa shape index (κ3) is 2.52. The van der Waals surface area contributed by atoms with Gasteiger partial charge in [-0.25, -0.2) is 0 Å². The molecule has 3 aliphatic carbocycles. The second-order valence-corrected chi connectivity index (χ2v) is 8.35. The standard InChI is InChI=1S/C21H22N2O8/c1-23(2)14-9-6-8-12(16(26)11-7(15(8)25)4-3-5-10(11)24)18(28)21(9,31)19(29)13(17(14)27)20(22)30/h3-5,8-9,14-15,24-26,29,31H,6H2,1-2H3,(H2,22,30)/t8-,9-,14-,15+,21?/m0/s1. The van der Waals surface area contributed by atoms with Gasteiger partial charge in [0.1, 0.15) is 22.8 Å². The van der Waals surface area contributed by atoms with E-state index in [0.717, 1.165) is 0 Å². The lowest BCUT2D eigenvalue weighted by atomic mass is 9.57. The first-order chi connectivity index (χ1) is 14.4. The fourth-order valence-electron chi connectivity index (χ4n) is 5.20. The summed E-state index contributed by atoms with van der Waals surface area (Å²) in [5, 5.41) is 54.1. The van der Waals surface area contributed by atoms with E-state index in [9.17, 15) is 39.9 Å². The van der Waals surface area contributed by atoms with Gasteiger partial charge < -0.3 is 31.3 Å². The summed E-state index contributed by atoms with van der Waals surface area (Å²) in [6, 6.07) is 3.01. The number of primary amides is 1. The quantitative estimate of drug-likeness (QED) is 0.336. The number of likely N-dealkylation sites (N-methyl/N-ethyl adjacent to an activating group) is 1. The van der Waals surface area contributed by atoms with Crippen LogP contribution in [-0.4, -0.2) is 73.6 Å². The number of nitrogens with zero attached hydrogens (tertiary/aromatic N) is 1. The Hall–Kier alpha value is -3.21. The average molecular weight is 430 g/mol. The number of carbonyl (C=O) groups is 3. The van der Waals surface area contributed by atoms with Crippen LogP contribution >= 0.6 is 0 Å². The fourth-order valence-corrected chi connectivity index (χ4v) is 5.20. The predicted molar refractivity (Wildman–Crippen MR) is 106 cm³/mol. The minimum Gasteiger partial charge on any atom is -0.508 e. The molecule has 0 radical (unpaired) electrons. The maximum atomic E-state index is 13.5. The number of nitrogens with two attached hydrogens (primary N) is 1. The lowest BCUT2D eigenvalue weighted by Gasteiger charge is -2.51. The number of ketones is 2. The number of phenols is 1. The molecule has 7 N–H and O–H groups in total. The highest BCUT2D eigenvalue weighted by atomic mass is 16.3. The zero-order chi connectivity index (χ0) is 23.0. The third-order valence-corrected chi connectivity index (χ3v) is 6.57. The zero-order valence-electron chi connectivity index (χ0n) is 16.7. The molecule has 164 valence electrons. The maximum Gasteiger partial charge on any atom is 0.255 e. The number of benzene rings is 1. The van der Waals surface area contributed by atoms with Gasteiger partial charge in [0.15, 0.2) is 11.4 Å². The molecule has 0 aliphatic heterocycles. The van der Waals surface area contributed by atoms with Gasteiger partial charge in [0.2, 0.25) is 5.78 Å². The van der Waals surface area contributed by atoms with Crippen molar-refractivity contribution < 1.29 is 39.9 Å². The van der Waals surface area contributed by atoms with Gasteiger partial charge in [-0.1, -0.05) is 12.1 Å². The van der Waals surface area contributed by atoms with Crippen molar-refractivity contribution in [3.8, 4) is 5.75 Å². The number of aliphatic hydroxyl groups excluding tert-OH is 3. The molecule has 3 aliphatic rings. The van der Waals surface area contributed by atoms with Crippen molar-refractivity contribution in [1.29, 1.82) is 0 Å². The van der Waals surface area contributed by atoms with Crippen LogP contribution in [0.2, 0.25) is 0 Å². The number of aliphatic hydroxyl groups is 4. The molecule has 10 nitrogen and oxygen atoms in total. The van der Waals surface area contributed by atoms with Crippen LogP contribution in [0.1, 0.15) is 23.7 Å². The minimum atomic E-state index is -2.73. The summed E-state index contributed by atoms with van der Waals surface area (Å²) < 4.78 is 0. The van der Waals surface area contributed by atoms with E-state index < -0.39 is 69.7 Å². The van der Waals surface area contributed by atoms with E-state index in [1.54, 1.807) is 0 Å². The second-order valence-electron chi connectivity index (χ2n) is 8.35. The van der Waals surface area contributed by atoms with Gasteiger partial charge in [-0.3, -0.25) is 19.3 Å². The predicted octanol–water partition coefficient (Wildman–Crippen LogP) is -0.545. The van der Waals surface area contributed by atoms with Crippen molar-refractivity contribution in [2.45, 2.75) is 24.2 Å².